The maximum Gasteiger partial charge on any atom is 0.155 e. The highest BCUT2D eigenvalue weighted by atomic mass is 16.5. The molecule has 3 saturated carbocycles. The minimum atomic E-state index is -0.353. The molecule has 0 heterocycles. The lowest BCUT2D eigenvalue weighted by molar-refractivity contribution is -0.169. The van der Waals surface area contributed by atoms with Crippen molar-refractivity contribution in [2.75, 3.05) is 13.2 Å². The van der Waals surface area contributed by atoms with E-state index >= 15 is 0 Å². The average Bonchev–Trinajstić information content (AvgIpc) is 3.04. The van der Waals surface area contributed by atoms with Crippen molar-refractivity contribution in [3.63, 3.8) is 0 Å². The van der Waals surface area contributed by atoms with E-state index in [0.717, 1.165) is 32.1 Å². The van der Waals surface area contributed by atoms with E-state index in [1.807, 2.05) is 6.08 Å². The molecule has 162 valence electrons. The first-order chi connectivity index (χ1) is 13.6. The number of allylic oxidation sites excluding steroid dienone is 1. The standard InChI is InChI=1S/C25H38O4/c1-15-22(28)21-18(7-6-16-14-17(27)10-11-24(16,21)4)19-8-9-20(25(15,19)5)23(2,3)29-13-12-26/h14-15,18-21,26H,6-13H2,1-5H3/t15-,18-,19-,20+,21+,24-,25-/m0/s1. The van der Waals surface area contributed by atoms with E-state index in [0.29, 0.717) is 36.6 Å². The van der Waals surface area contributed by atoms with E-state index in [1.54, 1.807) is 0 Å². The van der Waals surface area contributed by atoms with Crippen LogP contribution in [0.2, 0.25) is 0 Å². The Morgan fingerprint density at radius 1 is 1.17 bits per heavy atom. The zero-order valence-electron chi connectivity index (χ0n) is 18.8. The number of ether oxygens (including phenoxy) is 1. The van der Waals surface area contributed by atoms with Gasteiger partial charge in [-0.2, -0.15) is 0 Å². The maximum absolute atomic E-state index is 13.9. The van der Waals surface area contributed by atoms with Crippen LogP contribution >= 0.6 is 0 Å². The first kappa shape index (κ1) is 21.2. The molecule has 1 N–H and O–H groups in total. The summed E-state index contributed by atoms with van der Waals surface area (Å²) in [6, 6.07) is 0. The van der Waals surface area contributed by atoms with Crippen LogP contribution in [0, 0.1) is 40.4 Å². The molecular formula is C25H38O4. The SMILES string of the molecule is C[C@H]1C(=O)[C@H]2[C@@H](CCC3=CC(=O)CC[C@@]32C)[C@@H]2CC[C@H](C(C)(C)OCCO)[C@@]12C. The summed E-state index contributed by atoms with van der Waals surface area (Å²) < 4.78 is 6.11. The number of Topliss-reactive ketones (excluding diaryl/α,β-unsaturated/α-hetero) is 1. The number of ketones is 2. The zero-order valence-corrected chi connectivity index (χ0v) is 18.8. The lowest BCUT2D eigenvalue weighted by Gasteiger charge is -2.60. The van der Waals surface area contributed by atoms with Crippen LogP contribution in [0.5, 0.6) is 0 Å². The number of aliphatic hydroxyl groups is 1. The zero-order chi connectivity index (χ0) is 21.2. The monoisotopic (exact) mass is 402 g/mol. The van der Waals surface area contributed by atoms with Gasteiger partial charge in [0.1, 0.15) is 5.78 Å². The molecule has 0 aliphatic heterocycles. The summed E-state index contributed by atoms with van der Waals surface area (Å²) in [6.07, 6.45) is 7.51. The number of hydrogen-bond donors (Lipinski definition) is 1. The summed E-state index contributed by atoms with van der Waals surface area (Å²) in [5.41, 5.74) is 0.679. The quantitative estimate of drug-likeness (QED) is 0.759. The lowest BCUT2D eigenvalue weighted by atomic mass is 9.43. The Morgan fingerprint density at radius 2 is 1.90 bits per heavy atom. The van der Waals surface area contributed by atoms with Crippen molar-refractivity contribution in [2.24, 2.45) is 40.4 Å². The van der Waals surface area contributed by atoms with E-state index < -0.39 is 0 Å². The van der Waals surface area contributed by atoms with E-state index in [4.69, 9.17) is 4.74 Å². The number of aliphatic hydroxyl groups excluding tert-OH is 1. The van der Waals surface area contributed by atoms with E-state index in [2.05, 4.69) is 34.6 Å². The summed E-state index contributed by atoms with van der Waals surface area (Å²) in [5, 5.41) is 9.27. The van der Waals surface area contributed by atoms with Crippen LogP contribution in [0.1, 0.15) is 73.1 Å². The smallest absolute Gasteiger partial charge is 0.155 e. The van der Waals surface area contributed by atoms with Crippen LogP contribution in [0.3, 0.4) is 0 Å². The second-order valence-electron chi connectivity index (χ2n) is 11.1. The molecule has 29 heavy (non-hydrogen) atoms. The topological polar surface area (TPSA) is 63.6 Å². The number of carbonyl (C=O) groups excluding carboxylic acids is 2. The van der Waals surface area contributed by atoms with E-state index in [1.165, 1.54) is 5.57 Å². The third-order valence-electron chi connectivity index (χ3n) is 9.72. The predicted molar refractivity (Wildman–Crippen MR) is 112 cm³/mol. The number of carbonyl (C=O) groups is 2. The van der Waals surface area contributed by atoms with Gasteiger partial charge in [-0.3, -0.25) is 9.59 Å². The van der Waals surface area contributed by atoms with Crippen molar-refractivity contribution >= 4 is 11.6 Å². The first-order valence-corrected chi connectivity index (χ1v) is 11.6. The van der Waals surface area contributed by atoms with Crippen molar-refractivity contribution in [2.45, 2.75) is 78.7 Å². The predicted octanol–water partition coefficient (Wildman–Crippen LogP) is 4.35. The fourth-order valence-electron chi connectivity index (χ4n) is 8.21. The van der Waals surface area contributed by atoms with E-state index in [9.17, 15) is 14.7 Å². The highest BCUT2D eigenvalue weighted by molar-refractivity contribution is 5.93. The third-order valence-corrected chi connectivity index (χ3v) is 9.72. The molecule has 7 atom stereocenters. The summed E-state index contributed by atoms with van der Waals surface area (Å²) >= 11 is 0. The second-order valence-corrected chi connectivity index (χ2v) is 11.1. The first-order valence-electron chi connectivity index (χ1n) is 11.6. The molecule has 0 aromatic carbocycles. The molecule has 0 aromatic rings. The maximum atomic E-state index is 13.9. The Kier molecular flexibility index (Phi) is 5.14. The van der Waals surface area contributed by atoms with Gasteiger partial charge in [-0.1, -0.05) is 26.3 Å². The van der Waals surface area contributed by atoms with Crippen LogP contribution in [0.15, 0.2) is 11.6 Å². The minimum absolute atomic E-state index is 0.00736. The molecule has 0 spiro atoms. The van der Waals surface area contributed by atoms with Gasteiger partial charge in [0.2, 0.25) is 0 Å². The Labute approximate surface area is 175 Å². The molecule has 0 saturated heterocycles. The van der Waals surface area contributed by atoms with Crippen LogP contribution in [-0.2, 0) is 14.3 Å². The van der Waals surface area contributed by atoms with Gasteiger partial charge in [0.05, 0.1) is 18.8 Å². The lowest BCUT2D eigenvalue weighted by Crippen LogP contribution is -2.60. The van der Waals surface area contributed by atoms with Crippen molar-refractivity contribution in [3.05, 3.63) is 11.6 Å². The van der Waals surface area contributed by atoms with Gasteiger partial charge >= 0.3 is 0 Å². The summed E-state index contributed by atoms with van der Waals surface area (Å²) in [5.74, 6) is 1.96. The number of fused-ring (bicyclic) bond motifs is 5. The highest BCUT2D eigenvalue weighted by Crippen LogP contribution is 2.68. The van der Waals surface area contributed by atoms with Gasteiger partial charge < -0.3 is 9.84 Å². The van der Waals surface area contributed by atoms with Crippen molar-refractivity contribution in [1.82, 2.24) is 0 Å². The molecule has 0 unspecified atom stereocenters. The van der Waals surface area contributed by atoms with Crippen molar-refractivity contribution < 1.29 is 19.4 Å². The van der Waals surface area contributed by atoms with Crippen molar-refractivity contribution in [1.29, 1.82) is 0 Å². The highest BCUT2D eigenvalue weighted by Gasteiger charge is 2.66. The molecule has 0 aromatic heterocycles. The molecule has 0 bridgehead atoms. The normalized spacial score (nSPS) is 44.8. The molecule has 4 heteroatoms. The fraction of sp³-hybridized carbons (Fsp3) is 0.840. The van der Waals surface area contributed by atoms with Gasteiger partial charge in [-0.25, -0.2) is 0 Å². The molecule has 4 nitrogen and oxygen atoms in total. The fourth-order valence-corrected chi connectivity index (χ4v) is 8.21. The van der Waals surface area contributed by atoms with E-state index in [-0.39, 0.29) is 40.7 Å². The molecule has 4 aliphatic carbocycles. The summed E-state index contributed by atoms with van der Waals surface area (Å²) in [7, 11) is 0. The molecule has 4 rings (SSSR count). The Hall–Kier alpha value is -1.00. The van der Waals surface area contributed by atoms with Crippen LogP contribution in [0.25, 0.3) is 0 Å². The number of rotatable bonds is 4. The van der Waals surface area contributed by atoms with Gasteiger partial charge in [0.15, 0.2) is 5.78 Å². The van der Waals surface area contributed by atoms with Crippen LogP contribution in [0.4, 0.5) is 0 Å². The van der Waals surface area contributed by atoms with Gasteiger partial charge in [0.25, 0.3) is 0 Å². The number of hydrogen-bond acceptors (Lipinski definition) is 4. The van der Waals surface area contributed by atoms with Gasteiger partial charge in [-0.05, 0) is 80.6 Å². The van der Waals surface area contributed by atoms with Gasteiger partial charge in [-0.15, -0.1) is 0 Å². The molecule has 4 aliphatic rings. The van der Waals surface area contributed by atoms with Crippen molar-refractivity contribution in [3.8, 4) is 0 Å². The Balaban J connectivity index is 1.71. The minimum Gasteiger partial charge on any atom is -0.394 e. The third kappa shape index (κ3) is 2.92. The molecule has 0 radical (unpaired) electrons. The Morgan fingerprint density at radius 3 is 2.59 bits per heavy atom. The molecule has 0 amide bonds. The molecular weight excluding hydrogens is 364 g/mol. The second kappa shape index (κ2) is 7.02. The summed E-state index contributed by atoms with van der Waals surface area (Å²) in [4.78, 5) is 26.0. The van der Waals surface area contributed by atoms with Gasteiger partial charge in [0, 0.05) is 18.3 Å². The molecule has 3 fully saturated rings. The average molecular weight is 403 g/mol. The van der Waals surface area contributed by atoms with Crippen LogP contribution < -0.4 is 0 Å². The summed E-state index contributed by atoms with van der Waals surface area (Å²) in [6.45, 7) is 11.4. The Bertz CT molecular complexity index is 737. The largest absolute Gasteiger partial charge is 0.394 e. The van der Waals surface area contributed by atoms with Crippen LogP contribution in [-0.4, -0.2) is 35.5 Å².